The summed E-state index contributed by atoms with van der Waals surface area (Å²) in [5, 5.41) is 3.17. The third-order valence-corrected chi connectivity index (χ3v) is 3.67. The lowest BCUT2D eigenvalue weighted by Gasteiger charge is -2.22. The number of nitrogens with one attached hydrogen (secondary N) is 1. The average Bonchev–Trinajstić information content (AvgIpc) is 2.46. The van der Waals surface area contributed by atoms with E-state index >= 15 is 0 Å². The highest BCUT2D eigenvalue weighted by Gasteiger charge is 2.20. The van der Waals surface area contributed by atoms with Crippen molar-refractivity contribution < 1.29 is 9.59 Å². The largest absolute Gasteiger partial charge is 0.355 e. The molecule has 0 aliphatic carbocycles. The zero-order valence-electron chi connectivity index (χ0n) is 12.3. The quantitative estimate of drug-likeness (QED) is 0.793. The van der Waals surface area contributed by atoms with E-state index in [-0.39, 0.29) is 18.4 Å². The Bertz CT molecular complexity index is 508. The van der Waals surface area contributed by atoms with E-state index in [2.05, 4.69) is 21.2 Å². The van der Waals surface area contributed by atoms with Gasteiger partial charge in [-0.25, -0.2) is 0 Å². The first kappa shape index (κ1) is 18.0. The summed E-state index contributed by atoms with van der Waals surface area (Å²) < 4.78 is 0.780. The molecule has 21 heavy (non-hydrogen) atoms. The van der Waals surface area contributed by atoms with Crippen LogP contribution in [-0.4, -0.2) is 36.3 Å². The van der Waals surface area contributed by atoms with Gasteiger partial charge in [-0.1, -0.05) is 41.4 Å². The van der Waals surface area contributed by atoms with Gasteiger partial charge in [0.1, 0.15) is 0 Å². The topological polar surface area (TPSA) is 49.4 Å². The van der Waals surface area contributed by atoms with Crippen LogP contribution >= 0.6 is 27.5 Å². The molecule has 0 spiro atoms. The first-order valence-corrected chi connectivity index (χ1v) is 8.17. The number of amides is 2. The minimum absolute atomic E-state index is 0.0511. The van der Waals surface area contributed by atoms with E-state index in [4.69, 9.17) is 11.6 Å². The smallest absolute Gasteiger partial charge is 0.255 e. The molecule has 6 heteroatoms. The minimum atomic E-state index is -0.227. The number of hydrogen-bond acceptors (Lipinski definition) is 2. The molecule has 0 saturated carbocycles. The van der Waals surface area contributed by atoms with E-state index in [9.17, 15) is 9.59 Å². The van der Waals surface area contributed by atoms with Crippen LogP contribution in [0.1, 0.15) is 37.0 Å². The Balaban J connectivity index is 2.86. The predicted octanol–water partition coefficient (Wildman–Crippen LogP) is 3.48. The molecule has 0 atom stereocenters. The van der Waals surface area contributed by atoms with Crippen molar-refractivity contribution in [2.75, 3.05) is 19.6 Å². The second kappa shape index (κ2) is 9.05. The van der Waals surface area contributed by atoms with Gasteiger partial charge in [-0.2, -0.15) is 0 Å². The van der Waals surface area contributed by atoms with Crippen LogP contribution in [0.3, 0.4) is 0 Å². The normalized spacial score (nSPS) is 10.3. The molecule has 1 N–H and O–H groups in total. The summed E-state index contributed by atoms with van der Waals surface area (Å²) in [7, 11) is 0. The first-order chi connectivity index (χ1) is 9.99. The van der Waals surface area contributed by atoms with E-state index in [1.54, 1.807) is 18.2 Å². The van der Waals surface area contributed by atoms with E-state index in [0.29, 0.717) is 23.7 Å². The molecule has 0 aliphatic heterocycles. The number of benzene rings is 1. The van der Waals surface area contributed by atoms with Gasteiger partial charge < -0.3 is 10.2 Å². The summed E-state index contributed by atoms with van der Waals surface area (Å²) in [6.45, 7) is 5.13. The van der Waals surface area contributed by atoms with Crippen molar-refractivity contribution in [2.45, 2.75) is 26.7 Å². The maximum Gasteiger partial charge on any atom is 0.255 e. The lowest BCUT2D eigenvalue weighted by molar-refractivity contribution is -0.121. The molecule has 0 aliphatic rings. The Morgan fingerprint density at radius 1 is 1.29 bits per heavy atom. The van der Waals surface area contributed by atoms with Crippen LogP contribution in [0.4, 0.5) is 0 Å². The fourth-order valence-corrected chi connectivity index (χ4v) is 2.41. The van der Waals surface area contributed by atoms with Gasteiger partial charge in [0.25, 0.3) is 5.91 Å². The zero-order chi connectivity index (χ0) is 15.8. The van der Waals surface area contributed by atoms with Gasteiger partial charge in [-0.05, 0) is 31.0 Å². The molecule has 0 heterocycles. The van der Waals surface area contributed by atoms with Crippen molar-refractivity contribution in [3.8, 4) is 0 Å². The summed E-state index contributed by atoms with van der Waals surface area (Å²) in [4.78, 5) is 25.9. The van der Waals surface area contributed by atoms with Crippen LogP contribution in [0.25, 0.3) is 0 Å². The highest BCUT2D eigenvalue weighted by atomic mass is 79.9. The highest BCUT2D eigenvalue weighted by molar-refractivity contribution is 9.10. The van der Waals surface area contributed by atoms with E-state index in [1.807, 2.05) is 13.8 Å². The van der Waals surface area contributed by atoms with Crippen molar-refractivity contribution in [3.05, 3.63) is 33.3 Å². The second-order valence-electron chi connectivity index (χ2n) is 4.70. The zero-order valence-corrected chi connectivity index (χ0v) is 14.6. The van der Waals surface area contributed by atoms with Crippen molar-refractivity contribution in [2.24, 2.45) is 0 Å². The number of halogens is 2. The summed E-state index contributed by atoms with van der Waals surface area (Å²) in [6.07, 6.45) is 1.64. The third-order valence-electron chi connectivity index (χ3n) is 2.85. The minimum Gasteiger partial charge on any atom is -0.355 e. The van der Waals surface area contributed by atoms with Crippen molar-refractivity contribution in [1.29, 1.82) is 0 Å². The lowest BCUT2D eigenvalue weighted by atomic mass is 10.2. The molecule has 1 aromatic rings. The summed E-state index contributed by atoms with van der Waals surface area (Å²) in [6, 6.07) is 5.12. The molecule has 0 fully saturated rings. The number of nitrogens with zero attached hydrogens (tertiary/aromatic N) is 1. The molecule has 0 unspecified atom stereocenters. The van der Waals surface area contributed by atoms with Gasteiger partial charge in [0.15, 0.2) is 0 Å². The molecular formula is C15H20BrClN2O2. The van der Waals surface area contributed by atoms with Gasteiger partial charge in [0.05, 0.1) is 17.1 Å². The fourth-order valence-electron chi connectivity index (χ4n) is 1.85. The molecule has 1 rings (SSSR count). The standard InChI is InChI=1S/C15H20BrClN2O2/c1-3-7-18-14(20)10-19(8-4-2)15(21)12-9-11(16)5-6-13(12)17/h5-6,9H,3-4,7-8,10H2,1-2H3,(H,18,20). The molecule has 116 valence electrons. The molecule has 0 bridgehead atoms. The first-order valence-electron chi connectivity index (χ1n) is 7.00. The number of carbonyl (C=O) groups is 2. The number of rotatable bonds is 7. The van der Waals surface area contributed by atoms with E-state index < -0.39 is 0 Å². The SMILES string of the molecule is CCCNC(=O)CN(CCC)C(=O)c1cc(Br)ccc1Cl. The molecule has 1 aromatic carbocycles. The molecular weight excluding hydrogens is 356 g/mol. The highest BCUT2D eigenvalue weighted by Crippen LogP contribution is 2.22. The van der Waals surface area contributed by atoms with Crippen molar-refractivity contribution in [3.63, 3.8) is 0 Å². The Hall–Kier alpha value is -1.07. The van der Waals surface area contributed by atoms with Crippen molar-refractivity contribution >= 4 is 39.3 Å². The maximum absolute atomic E-state index is 12.6. The Labute approximate surface area is 139 Å². The number of carbonyl (C=O) groups excluding carboxylic acids is 2. The van der Waals surface area contributed by atoms with Crippen LogP contribution in [0.15, 0.2) is 22.7 Å². The maximum atomic E-state index is 12.6. The Morgan fingerprint density at radius 2 is 2.00 bits per heavy atom. The van der Waals surface area contributed by atoms with Crippen LogP contribution < -0.4 is 5.32 Å². The molecule has 2 amide bonds. The summed E-state index contributed by atoms with van der Waals surface area (Å²) in [5.74, 6) is -0.375. The van der Waals surface area contributed by atoms with Gasteiger partial charge in [-0.15, -0.1) is 0 Å². The second-order valence-corrected chi connectivity index (χ2v) is 6.02. The van der Waals surface area contributed by atoms with Crippen LogP contribution in [-0.2, 0) is 4.79 Å². The predicted molar refractivity (Wildman–Crippen MR) is 88.6 cm³/mol. The molecule has 0 saturated heterocycles. The van der Waals surface area contributed by atoms with Crippen LogP contribution in [0, 0.1) is 0 Å². The van der Waals surface area contributed by atoms with Crippen LogP contribution in [0.5, 0.6) is 0 Å². The third kappa shape index (κ3) is 5.67. The molecule has 0 aromatic heterocycles. The van der Waals surface area contributed by atoms with Crippen molar-refractivity contribution in [1.82, 2.24) is 10.2 Å². The summed E-state index contributed by atoms with van der Waals surface area (Å²) >= 11 is 9.42. The van der Waals surface area contributed by atoms with Gasteiger partial charge >= 0.3 is 0 Å². The van der Waals surface area contributed by atoms with Gasteiger partial charge in [0.2, 0.25) is 5.91 Å². The van der Waals surface area contributed by atoms with E-state index in [0.717, 1.165) is 17.3 Å². The van der Waals surface area contributed by atoms with E-state index in [1.165, 1.54) is 4.90 Å². The van der Waals surface area contributed by atoms with Gasteiger partial charge in [-0.3, -0.25) is 9.59 Å². The summed E-state index contributed by atoms with van der Waals surface area (Å²) in [5.41, 5.74) is 0.405. The monoisotopic (exact) mass is 374 g/mol. The lowest BCUT2D eigenvalue weighted by Crippen LogP contribution is -2.41. The molecule has 0 radical (unpaired) electrons. The van der Waals surface area contributed by atoms with Gasteiger partial charge in [0, 0.05) is 17.6 Å². The average molecular weight is 376 g/mol. The number of hydrogen-bond donors (Lipinski definition) is 1. The van der Waals surface area contributed by atoms with Crippen LogP contribution in [0.2, 0.25) is 5.02 Å². The molecule has 4 nitrogen and oxygen atoms in total. The Kier molecular flexibility index (Phi) is 7.75. The Morgan fingerprint density at radius 3 is 2.62 bits per heavy atom. The fraction of sp³-hybridized carbons (Fsp3) is 0.467.